The number of aliphatic hydroxyl groups is 2. The number of Topliss-reactive ketones (excluding diaryl/α,β-unsaturated/α-hetero) is 1. The minimum absolute atomic E-state index is 0.0599. The molecule has 5 nitrogen and oxygen atoms in total. The molecule has 1 aliphatic heterocycles. The molecule has 0 aromatic rings. The summed E-state index contributed by atoms with van der Waals surface area (Å²) < 4.78 is 11.5. The molecule has 152 valence electrons. The Hall–Kier alpha value is -1.17. The van der Waals surface area contributed by atoms with E-state index in [0.717, 1.165) is 19.3 Å². The van der Waals surface area contributed by atoms with Gasteiger partial charge in [-0.1, -0.05) is 11.6 Å². The number of hydrogen-bond acceptors (Lipinski definition) is 5. The summed E-state index contributed by atoms with van der Waals surface area (Å²) in [6, 6.07) is 0. The summed E-state index contributed by atoms with van der Waals surface area (Å²) in [6.07, 6.45) is 4.77. The Bertz CT molecular complexity index is 658. The molecule has 0 spiro atoms. The topological polar surface area (TPSA) is 76.0 Å². The molecule has 27 heavy (non-hydrogen) atoms. The summed E-state index contributed by atoms with van der Waals surface area (Å²) in [5.74, 6) is 0.492. The summed E-state index contributed by atoms with van der Waals surface area (Å²) in [4.78, 5) is 12.8. The molecule has 0 aromatic heterocycles. The Morgan fingerprint density at radius 1 is 1.44 bits per heavy atom. The molecule has 2 N–H and O–H groups in total. The molecular weight excluding hydrogens is 344 g/mol. The SMILES string of the molecule is CO[C@H]1C[C@@H](O)C2=C(C[C@H]3[C@H]([C@](C)(O)CCC=C(C)C)CC[C@@]3(C)O2)C1=O. The minimum Gasteiger partial charge on any atom is -0.488 e. The van der Waals surface area contributed by atoms with Crippen LogP contribution in [0.15, 0.2) is 23.0 Å². The average Bonchev–Trinajstić information content (AvgIpc) is 2.93. The third-order valence-corrected chi connectivity index (χ3v) is 6.90. The Balaban J connectivity index is 1.84. The van der Waals surface area contributed by atoms with Gasteiger partial charge >= 0.3 is 0 Å². The van der Waals surface area contributed by atoms with Gasteiger partial charge in [-0.2, -0.15) is 0 Å². The van der Waals surface area contributed by atoms with Crippen molar-refractivity contribution in [3.05, 3.63) is 23.0 Å². The molecule has 1 fully saturated rings. The normalized spacial score (nSPS) is 38.0. The van der Waals surface area contributed by atoms with E-state index in [1.165, 1.54) is 12.7 Å². The van der Waals surface area contributed by atoms with E-state index in [9.17, 15) is 15.0 Å². The third kappa shape index (κ3) is 3.74. The Morgan fingerprint density at radius 3 is 2.78 bits per heavy atom. The van der Waals surface area contributed by atoms with Crippen LogP contribution >= 0.6 is 0 Å². The second-order valence-electron chi connectivity index (χ2n) is 9.23. The molecule has 0 saturated heterocycles. The van der Waals surface area contributed by atoms with Gasteiger partial charge in [0.15, 0.2) is 5.78 Å². The zero-order valence-corrected chi connectivity index (χ0v) is 17.2. The Labute approximate surface area is 162 Å². The number of ether oxygens (including phenoxy) is 2. The number of ketones is 1. The maximum absolute atomic E-state index is 12.8. The van der Waals surface area contributed by atoms with Crippen molar-refractivity contribution in [1.82, 2.24) is 0 Å². The molecule has 0 bridgehead atoms. The number of aliphatic hydroxyl groups excluding tert-OH is 1. The van der Waals surface area contributed by atoms with Gasteiger partial charge in [0.1, 0.15) is 23.6 Å². The van der Waals surface area contributed by atoms with E-state index in [1.807, 2.05) is 6.92 Å². The van der Waals surface area contributed by atoms with Gasteiger partial charge in [0.2, 0.25) is 0 Å². The van der Waals surface area contributed by atoms with Gasteiger partial charge in [-0.25, -0.2) is 0 Å². The summed E-state index contributed by atoms with van der Waals surface area (Å²) in [5.41, 5.74) is 0.568. The lowest BCUT2D eigenvalue weighted by Gasteiger charge is -2.46. The first kappa shape index (κ1) is 20.6. The number of rotatable bonds is 5. The van der Waals surface area contributed by atoms with E-state index in [-0.39, 0.29) is 24.0 Å². The van der Waals surface area contributed by atoms with Gasteiger partial charge in [-0.05, 0) is 65.7 Å². The predicted molar refractivity (Wildman–Crippen MR) is 103 cm³/mol. The highest BCUT2D eigenvalue weighted by Crippen LogP contribution is 2.55. The summed E-state index contributed by atoms with van der Waals surface area (Å²) >= 11 is 0. The van der Waals surface area contributed by atoms with Crippen LogP contribution in [0.25, 0.3) is 0 Å². The van der Waals surface area contributed by atoms with Crippen LogP contribution in [0, 0.1) is 11.8 Å². The largest absolute Gasteiger partial charge is 0.488 e. The van der Waals surface area contributed by atoms with Crippen molar-refractivity contribution in [3.8, 4) is 0 Å². The first-order valence-corrected chi connectivity index (χ1v) is 10.1. The van der Waals surface area contributed by atoms with Crippen LogP contribution in [0.4, 0.5) is 0 Å². The van der Waals surface area contributed by atoms with Crippen molar-refractivity contribution in [1.29, 1.82) is 0 Å². The maximum atomic E-state index is 12.8. The zero-order chi connectivity index (χ0) is 20.0. The van der Waals surface area contributed by atoms with Crippen molar-refractivity contribution in [2.75, 3.05) is 7.11 Å². The standard InChI is InChI=1S/C22H34O5/c1-13(2)7-6-9-21(3,25)15-8-10-22(4)16(15)11-14-19(24)18(26-5)12-17(23)20(14)27-22/h7,15-18,23,25H,6,8-12H2,1-5H3/t15-,16+,17-,18+,21-,22-/m1/s1. The number of carbonyl (C=O) groups excluding carboxylic acids is 1. The molecule has 0 unspecified atom stereocenters. The molecule has 0 radical (unpaired) electrons. The highest BCUT2D eigenvalue weighted by atomic mass is 16.5. The van der Waals surface area contributed by atoms with Crippen LogP contribution in [0.3, 0.4) is 0 Å². The van der Waals surface area contributed by atoms with Gasteiger partial charge in [-0.15, -0.1) is 0 Å². The number of fused-ring (bicyclic) bond motifs is 1. The fraction of sp³-hybridized carbons (Fsp3) is 0.773. The number of allylic oxidation sites excluding steroid dienone is 2. The fourth-order valence-corrected chi connectivity index (χ4v) is 5.26. The van der Waals surface area contributed by atoms with Crippen molar-refractivity contribution in [3.63, 3.8) is 0 Å². The lowest BCUT2D eigenvalue weighted by molar-refractivity contribution is -0.138. The maximum Gasteiger partial charge on any atom is 0.191 e. The third-order valence-electron chi connectivity index (χ3n) is 6.90. The molecule has 5 heteroatoms. The van der Waals surface area contributed by atoms with Crippen molar-refractivity contribution < 1.29 is 24.5 Å². The minimum atomic E-state index is -0.813. The highest BCUT2D eigenvalue weighted by Gasteiger charge is 2.57. The molecule has 3 rings (SSSR count). The summed E-state index contributed by atoms with van der Waals surface area (Å²) in [5, 5.41) is 21.7. The van der Waals surface area contributed by atoms with E-state index in [4.69, 9.17) is 9.47 Å². The van der Waals surface area contributed by atoms with Crippen LogP contribution in [-0.4, -0.2) is 46.5 Å². The first-order chi connectivity index (χ1) is 12.6. The van der Waals surface area contributed by atoms with Crippen molar-refractivity contribution in [2.45, 2.75) is 89.6 Å². The van der Waals surface area contributed by atoms with E-state index in [1.54, 1.807) is 0 Å². The van der Waals surface area contributed by atoms with E-state index < -0.39 is 23.4 Å². The van der Waals surface area contributed by atoms with Crippen molar-refractivity contribution >= 4 is 5.78 Å². The Morgan fingerprint density at radius 2 is 2.15 bits per heavy atom. The van der Waals surface area contributed by atoms with Crippen LogP contribution in [-0.2, 0) is 14.3 Å². The first-order valence-electron chi connectivity index (χ1n) is 10.1. The molecule has 3 aliphatic rings. The zero-order valence-electron chi connectivity index (χ0n) is 17.2. The van der Waals surface area contributed by atoms with Gasteiger partial charge in [0, 0.05) is 25.0 Å². The smallest absolute Gasteiger partial charge is 0.191 e. The molecule has 6 atom stereocenters. The Kier molecular flexibility index (Phi) is 5.59. The number of hydrogen-bond donors (Lipinski definition) is 2. The van der Waals surface area contributed by atoms with Crippen molar-refractivity contribution in [2.24, 2.45) is 11.8 Å². The molecular formula is C22H34O5. The lowest BCUT2D eigenvalue weighted by atomic mass is 9.70. The van der Waals surface area contributed by atoms with Gasteiger partial charge < -0.3 is 19.7 Å². The number of methoxy groups -OCH3 is 1. The second kappa shape index (κ2) is 7.34. The fourth-order valence-electron chi connectivity index (χ4n) is 5.26. The van der Waals surface area contributed by atoms with E-state index in [0.29, 0.717) is 24.2 Å². The van der Waals surface area contributed by atoms with Gasteiger partial charge in [-0.3, -0.25) is 4.79 Å². The van der Waals surface area contributed by atoms with Crippen LogP contribution in [0.2, 0.25) is 0 Å². The molecule has 1 heterocycles. The number of carbonyl (C=O) groups is 1. The highest BCUT2D eigenvalue weighted by molar-refractivity contribution is 6.00. The van der Waals surface area contributed by atoms with Gasteiger partial charge in [0.25, 0.3) is 0 Å². The molecule has 0 amide bonds. The average molecular weight is 379 g/mol. The monoisotopic (exact) mass is 378 g/mol. The van der Waals surface area contributed by atoms with E-state index >= 15 is 0 Å². The summed E-state index contributed by atoms with van der Waals surface area (Å²) in [7, 11) is 1.50. The molecule has 1 saturated carbocycles. The van der Waals surface area contributed by atoms with Gasteiger partial charge in [0.05, 0.1) is 5.60 Å². The predicted octanol–water partition coefficient (Wildman–Crippen LogP) is 3.29. The van der Waals surface area contributed by atoms with E-state index in [2.05, 4.69) is 26.8 Å². The molecule has 2 aliphatic carbocycles. The lowest BCUT2D eigenvalue weighted by Crippen LogP contribution is -2.50. The second-order valence-corrected chi connectivity index (χ2v) is 9.23. The van der Waals surface area contributed by atoms with Crippen LogP contribution in [0.1, 0.15) is 66.2 Å². The van der Waals surface area contributed by atoms with Crippen LogP contribution < -0.4 is 0 Å². The summed E-state index contributed by atoms with van der Waals surface area (Å²) in [6.45, 7) is 8.11. The van der Waals surface area contributed by atoms with Crippen LogP contribution in [0.5, 0.6) is 0 Å². The molecule has 0 aromatic carbocycles. The quantitative estimate of drug-likeness (QED) is 0.718.